The van der Waals surface area contributed by atoms with Crippen LogP contribution in [0.4, 0.5) is 4.79 Å². The zero-order valence-electron chi connectivity index (χ0n) is 12.2. The van der Waals surface area contributed by atoms with Gasteiger partial charge in [-0.3, -0.25) is 0 Å². The maximum atomic E-state index is 11.8. The van der Waals surface area contributed by atoms with Gasteiger partial charge in [-0.15, -0.1) is 0 Å². The van der Waals surface area contributed by atoms with Crippen LogP contribution < -0.4 is 10.6 Å². The summed E-state index contributed by atoms with van der Waals surface area (Å²) in [5.74, 6) is -0.746. The summed E-state index contributed by atoms with van der Waals surface area (Å²) >= 11 is 0. The Hall–Kier alpha value is -1.26. The molecule has 0 aromatic carbocycles. The fourth-order valence-electron chi connectivity index (χ4n) is 2.60. The van der Waals surface area contributed by atoms with Crippen molar-refractivity contribution >= 4 is 12.0 Å². The van der Waals surface area contributed by atoms with Crippen LogP contribution in [0.2, 0.25) is 0 Å². The number of rotatable bonds is 6. The summed E-state index contributed by atoms with van der Waals surface area (Å²) in [5.41, 5.74) is 0.175. The number of hydrogen-bond donors (Lipinski definition) is 3. The highest BCUT2D eigenvalue weighted by Gasteiger charge is 2.29. The van der Waals surface area contributed by atoms with Crippen LogP contribution in [0.25, 0.3) is 0 Å². The number of carbonyl (C=O) groups is 2. The minimum absolute atomic E-state index is 0.175. The number of nitrogens with one attached hydrogen (secondary N) is 2. The van der Waals surface area contributed by atoms with Gasteiger partial charge < -0.3 is 15.7 Å². The molecule has 3 N–H and O–H groups in total. The first-order chi connectivity index (χ1) is 8.82. The number of carboxylic acid groups (broad SMARTS) is 1. The van der Waals surface area contributed by atoms with E-state index in [1.54, 1.807) is 0 Å². The van der Waals surface area contributed by atoms with Crippen molar-refractivity contribution in [1.29, 1.82) is 0 Å². The smallest absolute Gasteiger partial charge is 0.326 e. The van der Waals surface area contributed by atoms with Gasteiger partial charge in [-0.1, -0.05) is 33.6 Å². The SMILES string of the molecule is CC(C)C[C@H](NC(=O)NCC1(C)CCCC1)C(=O)O. The number of urea groups is 1. The zero-order valence-corrected chi connectivity index (χ0v) is 12.2. The van der Waals surface area contributed by atoms with Crippen LogP contribution in [0.3, 0.4) is 0 Å². The predicted molar refractivity (Wildman–Crippen MR) is 74.0 cm³/mol. The Morgan fingerprint density at radius 1 is 1.26 bits per heavy atom. The first-order valence-corrected chi connectivity index (χ1v) is 7.09. The Labute approximate surface area is 115 Å². The minimum atomic E-state index is -0.976. The molecule has 0 saturated heterocycles. The van der Waals surface area contributed by atoms with Gasteiger partial charge in [-0.05, 0) is 30.6 Å². The second-order valence-electron chi connectivity index (χ2n) is 6.37. The Balaban J connectivity index is 2.38. The predicted octanol–water partition coefficient (Wildman–Crippen LogP) is 2.37. The van der Waals surface area contributed by atoms with Gasteiger partial charge in [0.15, 0.2) is 0 Å². The van der Waals surface area contributed by atoms with E-state index in [9.17, 15) is 9.59 Å². The monoisotopic (exact) mass is 270 g/mol. The lowest BCUT2D eigenvalue weighted by molar-refractivity contribution is -0.139. The van der Waals surface area contributed by atoms with Gasteiger partial charge in [0.2, 0.25) is 0 Å². The van der Waals surface area contributed by atoms with Crippen molar-refractivity contribution in [2.75, 3.05) is 6.54 Å². The summed E-state index contributed by atoms with van der Waals surface area (Å²) in [6, 6.07) is -1.18. The average Bonchev–Trinajstić information content (AvgIpc) is 2.73. The summed E-state index contributed by atoms with van der Waals surface area (Å²) in [7, 11) is 0. The Bertz CT molecular complexity index is 323. The molecule has 0 aliphatic heterocycles. The second kappa shape index (κ2) is 6.78. The first-order valence-electron chi connectivity index (χ1n) is 7.09. The molecule has 0 radical (unpaired) electrons. The van der Waals surface area contributed by atoms with Crippen LogP contribution in [0, 0.1) is 11.3 Å². The highest BCUT2D eigenvalue weighted by Crippen LogP contribution is 2.36. The normalized spacial score (nSPS) is 19.2. The fourth-order valence-corrected chi connectivity index (χ4v) is 2.60. The lowest BCUT2D eigenvalue weighted by Crippen LogP contribution is -2.48. The van der Waals surface area contributed by atoms with Gasteiger partial charge >= 0.3 is 12.0 Å². The molecule has 1 fully saturated rings. The number of carboxylic acids is 1. The van der Waals surface area contributed by atoms with Crippen molar-refractivity contribution in [3.05, 3.63) is 0 Å². The summed E-state index contributed by atoms with van der Waals surface area (Å²) in [6.45, 7) is 6.67. The molecule has 0 bridgehead atoms. The molecule has 0 spiro atoms. The van der Waals surface area contributed by atoms with Gasteiger partial charge in [0.25, 0.3) is 0 Å². The molecule has 1 rings (SSSR count). The molecule has 0 aromatic rings. The highest BCUT2D eigenvalue weighted by molar-refractivity contribution is 5.82. The van der Waals surface area contributed by atoms with Crippen LogP contribution >= 0.6 is 0 Å². The van der Waals surface area contributed by atoms with Crippen LogP contribution in [0.1, 0.15) is 52.9 Å². The molecule has 2 amide bonds. The maximum absolute atomic E-state index is 11.8. The van der Waals surface area contributed by atoms with Crippen molar-refractivity contribution in [1.82, 2.24) is 10.6 Å². The molecule has 0 aromatic heterocycles. The van der Waals surface area contributed by atoms with Crippen molar-refractivity contribution in [2.24, 2.45) is 11.3 Å². The minimum Gasteiger partial charge on any atom is -0.480 e. The van der Waals surface area contributed by atoms with E-state index in [0.29, 0.717) is 13.0 Å². The number of aliphatic carboxylic acids is 1. The molecule has 0 heterocycles. The van der Waals surface area contributed by atoms with Gasteiger partial charge in [-0.2, -0.15) is 0 Å². The number of hydrogen-bond acceptors (Lipinski definition) is 2. The third-order valence-electron chi connectivity index (χ3n) is 3.80. The van der Waals surface area contributed by atoms with Crippen LogP contribution in [-0.4, -0.2) is 29.7 Å². The molecule has 1 atom stereocenters. The summed E-state index contributed by atoms with van der Waals surface area (Å²) in [5, 5.41) is 14.4. The van der Waals surface area contributed by atoms with E-state index in [4.69, 9.17) is 5.11 Å². The third-order valence-corrected chi connectivity index (χ3v) is 3.80. The third kappa shape index (κ3) is 5.49. The first kappa shape index (κ1) is 15.8. The molecule has 1 saturated carbocycles. The van der Waals surface area contributed by atoms with Crippen molar-refractivity contribution in [3.63, 3.8) is 0 Å². The standard InChI is InChI=1S/C14H26N2O3/c1-10(2)8-11(12(17)18)16-13(19)15-9-14(3)6-4-5-7-14/h10-11H,4-9H2,1-3H3,(H,17,18)(H2,15,16,19)/t11-/m0/s1. The fraction of sp³-hybridized carbons (Fsp3) is 0.857. The van der Waals surface area contributed by atoms with Crippen LogP contribution in [0.15, 0.2) is 0 Å². The van der Waals surface area contributed by atoms with Crippen molar-refractivity contribution in [3.8, 4) is 0 Å². The summed E-state index contributed by atoms with van der Waals surface area (Å²) < 4.78 is 0. The van der Waals surface area contributed by atoms with E-state index in [1.165, 1.54) is 12.8 Å². The molecule has 1 aliphatic carbocycles. The molecule has 1 aliphatic rings. The molecular weight excluding hydrogens is 244 g/mol. The van der Waals surface area contributed by atoms with Gasteiger partial charge in [-0.25, -0.2) is 9.59 Å². The molecule has 0 unspecified atom stereocenters. The van der Waals surface area contributed by atoms with E-state index in [-0.39, 0.29) is 17.4 Å². The van der Waals surface area contributed by atoms with E-state index < -0.39 is 12.0 Å². The number of amides is 2. The van der Waals surface area contributed by atoms with Crippen LogP contribution in [-0.2, 0) is 4.79 Å². The second-order valence-corrected chi connectivity index (χ2v) is 6.37. The molecule has 19 heavy (non-hydrogen) atoms. The highest BCUT2D eigenvalue weighted by atomic mass is 16.4. The van der Waals surface area contributed by atoms with E-state index in [1.807, 2.05) is 13.8 Å². The summed E-state index contributed by atoms with van der Waals surface area (Å²) in [6.07, 6.45) is 5.12. The van der Waals surface area contributed by atoms with E-state index >= 15 is 0 Å². The van der Waals surface area contributed by atoms with Gasteiger partial charge in [0.05, 0.1) is 0 Å². The summed E-state index contributed by atoms with van der Waals surface area (Å²) in [4.78, 5) is 22.8. The average molecular weight is 270 g/mol. The lowest BCUT2D eigenvalue weighted by Gasteiger charge is -2.24. The quantitative estimate of drug-likeness (QED) is 0.693. The molecule has 5 heteroatoms. The molecular formula is C14H26N2O3. The largest absolute Gasteiger partial charge is 0.480 e. The molecule has 5 nitrogen and oxygen atoms in total. The van der Waals surface area contributed by atoms with Crippen molar-refractivity contribution < 1.29 is 14.7 Å². The van der Waals surface area contributed by atoms with Crippen LogP contribution in [0.5, 0.6) is 0 Å². The Morgan fingerprint density at radius 3 is 2.32 bits per heavy atom. The van der Waals surface area contributed by atoms with E-state index in [2.05, 4.69) is 17.6 Å². The Morgan fingerprint density at radius 2 is 1.84 bits per heavy atom. The van der Waals surface area contributed by atoms with Gasteiger partial charge in [0, 0.05) is 6.54 Å². The topological polar surface area (TPSA) is 78.4 Å². The zero-order chi connectivity index (χ0) is 14.5. The van der Waals surface area contributed by atoms with E-state index in [0.717, 1.165) is 12.8 Å². The number of carbonyl (C=O) groups excluding carboxylic acids is 1. The van der Waals surface area contributed by atoms with Gasteiger partial charge in [0.1, 0.15) is 6.04 Å². The lowest BCUT2D eigenvalue weighted by atomic mass is 9.89. The molecule has 110 valence electrons. The Kier molecular flexibility index (Phi) is 5.63. The maximum Gasteiger partial charge on any atom is 0.326 e. The van der Waals surface area contributed by atoms with Crippen molar-refractivity contribution in [2.45, 2.75) is 58.9 Å².